The molecule has 0 aromatic rings. The third-order valence-corrected chi connectivity index (χ3v) is 32.8. The Labute approximate surface area is 205 Å². The van der Waals surface area contributed by atoms with Crippen LogP contribution in [-0.2, 0) is 39.0 Å². The molecule has 3 heteroatoms. The Balaban J connectivity index is 0.000000215. The molecule has 31 heavy (non-hydrogen) atoms. The van der Waals surface area contributed by atoms with Gasteiger partial charge in [-0.3, -0.25) is 0 Å². The van der Waals surface area contributed by atoms with Gasteiger partial charge in [-0.2, -0.15) is 0 Å². The van der Waals surface area contributed by atoms with Crippen LogP contribution < -0.4 is 0 Å². The first-order valence-corrected chi connectivity index (χ1v) is 30.7. The molecule has 0 saturated carbocycles. The van der Waals surface area contributed by atoms with E-state index < -0.39 is 39.0 Å². The molecule has 0 radical (unpaired) electrons. The fourth-order valence-electron chi connectivity index (χ4n) is 4.56. The molecule has 0 heterocycles. The van der Waals surface area contributed by atoms with Gasteiger partial charge < -0.3 is 0 Å². The van der Waals surface area contributed by atoms with Crippen molar-refractivity contribution in [2.45, 2.75) is 62.7 Å². The average molecular weight is 768 g/mol. The van der Waals surface area contributed by atoms with Gasteiger partial charge in [0.25, 0.3) is 0 Å². The van der Waals surface area contributed by atoms with Gasteiger partial charge in [0.05, 0.1) is 0 Å². The Hall–Kier alpha value is -0.310. The Morgan fingerprint density at radius 1 is 0.774 bits per heavy atom. The summed E-state index contributed by atoms with van der Waals surface area (Å²) in [6.07, 6.45) is 23.1. The van der Waals surface area contributed by atoms with E-state index in [1.165, 1.54) is 36.0 Å². The second-order valence-electron chi connectivity index (χ2n) is 10.4. The van der Waals surface area contributed by atoms with Crippen molar-refractivity contribution in [1.29, 1.82) is 0 Å². The minimum atomic E-state index is -3.11. The Kier molecular flexibility index (Phi) is 8.96. The van der Waals surface area contributed by atoms with E-state index in [2.05, 4.69) is 89.9 Å². The Morgan fingerprint density at radius 3 is 1.81 bits per heavy atom. The van der Waals surface area contributed by atoms with E-state index in [4.69, 9.17) is 4.26 Å². The van der Waals surface area contributed by atoms with E-state index in [1.54, 1.807) is 18.9 Å². The summed E-state index contributed by atoms with van der Waals surface area (Å²) in [6.45, 7) is 8.96. The van der Waals surface area contributed by atoms with Gasteiger partial charge in [-0.25, -0.2) is 0 Å². The van der Waals surface area contributed by atoms with Crippen molar-refractivity contribution in [3.8, 4) is 0 Å². The van der Waals surface area contributed by atoms with Crippen molar-refractivity contribution < 1.29 is 39.0 Å². The zero-order valence-electron chi connectivity index (χ0n) is 20.3. The molecular formula is C28H39ClHf2. The summed E-state index contributed by atoms with van der Waals surface area (Å²) in [5.74, 6) is 0. The van der Waals surface area contributed by atoms with Crippen LogP contribution >= 0.6 is 12.4 Å². The summed E-state index contributed by atoms with van der Waals surface area (Å²) in [7, 11) is 0. The first-order valence-electron chi connectivity index (χ1n) is 11.2. The molecule has 4 aliphatic carbocycles. The van der Waals surface area contributed by atoms with Crippen LogP contribution in [0.2, 0.25) is 9.36 Å². The van der Waals surface area contributed by atoms with Crippen LogP contribution in [0.4, 0.5) is 0 Å². The minimum absolute atomic E-state index is 0. The zero-order valence-corrected chi connectivity index (χ0v) is 28.3. The van der Waals surface area contributed by atoms with Crippen LogP contribution in [-0.4, -0.2) is 8.52 Å². The van der Waals surface area contributed by atoms with E-state index in [0.29, 0.717) is 0 Å². The van der Waals surface area contributed by atoms with Gasteiger partial charge in [0.2, 0.25) is 0 Å². The maximum atomic E-state index is 4.75. The van der Waals surface area contributed by atoms with Gasteiger partial charge in [-0.15, -0.1) is 12.4 Å². The van der Waals surface area contributed by atoms with Crippen molar-refractivity contribution in [2.24, 2.45) is 0 Å². The third-order valence-electron chi connectivity index (χ3n) is 7.42. The van der Waals surface area contributed by atoms with Crippen molar-refractivity contribution in [1.82, 2.24) is 0 Å². The Morgan fingerprint density at radius 2 is 1.35 bits per heavy atom. The molecule has 4 aliphatic rings. The third kappa shape index (κ3) is 5.98. The van der Waals surface area contributed by atoms with Crippen LogP contribution in [0.1, 0.15) is 53.4 Å². The first-order chi connectivity index (χ1) is 14.0. The molecule has 0 fully saturated rings. The van der Waals surface area contributed by atoms with Crippen molar-refractivity contribution in [3.05, 3.63) is 84.2 Å². The van der Waals surface area contributed by atoms with Crippen LogP contribution in [0.15, 0.2) is 84.2 Å². The number of hydrogen-bond donors (Lipinski definition) is 0. The van der Waals surface area contributed by atoms with Gasteiger partial charge in [0, 0.05) is 0 Å². The second-order valence-corrected chi connectivity index (χ2v) is 42.4. The van der Waals surface area contributed by atoms with Gasteiger partial charge >= 0.3 is 194 Å². The number of rotatable bonds is 4. The average Bonchev–Trinajstić information content (AvgIpc) is 3.46. The molecule has 0 bridgehead atoms. The second kappa shape index (κ2) is 10.3. The summed E-state index contributed by atoms with van der Waals surface area (Å²) < 4.78 is 20.9. The quantitative estimate of drug-likeness (QED) is 0.252. The number of hydrogen-bond acceptors (Lipinski definition) is 0. The predicted octanol–water partition coefficient (Wildman–Crippen LogP) is 8.60. The van der Waals surface area contributed by atoms with E-state index in [9.17, 15) is 0 Å². The standard InChI is InChI=1S/2C7H9.2C5H5.2CH3.2CH2.ClH.2Hf/c2*1-6-4-3-5-7(6)2;2*1-2-4-5-3-1;;;;;;;/h2*4H,5H2,1-2H3;2*1-3H,4H2;2*1H3;2*1H2;1H;;. The van der Waals surface area contributed by atoms with E-state index >= 15 is 0 Å². The van der Waals surface area contributed by atoms with Gasteiger partial charge in [-0.1, -0.05) is 0 Å². The van der Waals surface area contributed by atoms with Crippen LogP contribution in [0.25, 0.3) is 0 Å². The predicted molar refractivity (Wildman–Crippen MR) is 139 cm³/mol. The summed E-state index contributed by atoms with van der Waals surface area (Å²) in [5, 5.41) is 0. The maximum absolute atomic E-state index is 4.75. The van der Waals surface area contributed by atoms with Crippen molar-refractivity contribution >= 4 is 20.9 Å². The summed E-state index contributed by atoms with van der Waals surface area (Å²) in [4.78, 5) is 0. The molecule has 0 aromatic carbocycles. The van der Waals surface area contributed by atoms with Crippen LogP contribution in [0.5, 0.6) is 0 Å². The van der Waals surface area contributed by atoms with E-state index in [-0.39, 0.29) is 12.4 Å². The molecule has 0 aliphatic heterocycles. The normalized spacial score (nSPS) is 20.2. The van der Waals surface area contributed by atoms with Crippen molar-refractivity contribution in [2.75, 3.05) is 0 Å². The van der Waals surface area contributed by atoms with Gasteiger partial charge in [0.1, 0.15) is 0 Å². The molecule has 0 nitrogen and oxygen atoms in total. The van der Waals surface area contributed by atoms with Crippen molar-refractivity contribution in [3.63, 3.8) is 0 Å². The summed E-state index contributed by atoms with van der Waals surface area (Å²) in [5.41, 5.74) is 6.05. The monoisotopic (exact) mass is 770 g/mol. The molecule has 0 spiro atoms. The molecule has 166 valence electrons. The molecule has 0 amide bonds. The number of allylic oxidation sites excluding steroid dienone is 16. The summed E-state index contributed by atoms with van der Waals surface area (Å²) >= 11 is -4.87. The fourth-order valence-corrected chi connectivity index (χ4v) is 23.5. The molecule has 0 atom stereocenters. The van der Waals surface area contributed by atoms with Crippen LogP contribution in [0.3, 0.4) is 0 Å². The first kappa shape index (κ1) is 26.9. The molecule has 0 aromatic heterocycles. The topological polar surface area (TPSA) is 0 Å². The van der Waals surface area contributed by atoms with Gasteiger partial charge in [0.15, 0.2) is 0 Å². The molecule has 0 saturated heterocycles. The zero-order chi connectivity index (χ0) is 22.1. The summed E-state index contributed by atoms with van der Waals surface area (Å²) in [6, 6.07) is 0. The SMILES string of the molecule is Cl.[CH2]=[Hf]([CH3])([CH3])([C]1=CC=CC1)[C]1=CC(C)=C(C)C1.[CH2]=[Hf]([C]1=CC=CC1)[C]1=CC(C)=C(C)C1. The molecule has 4 rings (SSSR count). The Bertz CT molecular complexity index is 1100. The molecular weight excluding hydrogens is 729 g/mol. The van der Waals surface area contributed by atoms with Crippen LogP contribution in [0, 0.1) is 0 Å². The van der Waals surface area contributed by atoms with Gasteiger partial charge in [-0.05, 0) is 0 Å². The van der Waals surface area contributed by atoms with E-state index in [1.807, 2.05) is 0 Å². The fraction of sp³-hybridized carbons (Fsp3) is 0.357. The molecule has 0 unspecified atom stereocenters. The van der Waals surface area contributed by atoms with E-state index in [0.717, 1.165) is 6.42 Å². The molecule has 0 N–H and O–H groups in total. The number of halogens is 1.